The number of rotatable bonds is 5. The van der Waals surface area contributed by atoms with Crippen molar-refractivity contribution in [2.24, 2.45) is 5.92 Å². The minimum Gasteiger partial charge on any atom is -0.492 e. The lowest BCUT2D eigenvalue weighted by Crippen LogP contribution is -2.53. The standard InChI is InChI=1S/C19H29NO3/c1-15-5-3-6-16(13-15)23-12-10-20-9-4-7-18(20)17-14-22-11-8-19(17,2)21/h3,5-6,13,17-18,21H,4,7-12,14H2,1-2H3. The summed E-state index contributed by atoms with van der Waals surface area (Å²) in [4.78, 5) is 2.48. The SMILES string of the molecule is Cc1cccc(OCCN2CCCC2C2COCCC2(C)O)c1. The van der Waals surface area contributed by atoms with Gasteiger partial charge in [0.2, 0.25) is 0 Å². The predicted molar refractivity (Wildman–Crippen MR) is 90.8 cm³/mol. The molecule has 2 fully saturated rings. The first-order chi connectivity index (χ1) is 11.1. The molecule has 0 aliphatic carbocycles. The molecular weight excluding hydrogens is 290 g/mol. The summed E-state index contributed by atoms with van der Waals surface area (Å²) in [5.74, 6) is 1.14. The van der Waals surface area contributed by atoms with Crippen LogP contribution in [-0.4, -0.2) is 54.6 Å². The van der Waals surface area contributed by atoms with Gasteiger partial charge >= 0.3 is 0 Å². The molecule has 3 rings (SSSR count). The maximum Gasteiger partial charge on any atom is 0.119 e. The molecule has 2 heterocycles. The van der Waals surface area contributed by atoms with Crippen molar-refractivity contribution in [2.75, 3.05) is 32.9 Å². The summed E-state index contributed by atoms with van der Waals surface area (Å²) in [7, 11) is 0. The average Bonchev–Trinajstić information content (AvgIpc) is 2.95. The maximum absolute atomic E-state index is 10.7. The predicted octanol–water partition coefficient (Wildman–Crippen LogP) is 2.63. The Morgan fingerprint density at radius 3 is 3.09 bits per heavy atom. The van der Waals surface area contributed by atoms with Gasteiger partial charge in [-0.25, -0.2) is 0 Å². The zero-order chi connectivity index (χ0) is 16.3. The lowest BCUT2D eigenvalue weighted by Gasteiger charge is -2.43. The van der Waals surface area contributed by atoms with Crippen LogP contribution in [0.15, 0.2) is 24.3 Å². The Morgan fingerprint density at radius 1 is 1.43 bits per heavy atom. The monoisotopic (exact) mass is 319 g/mol. The van der Waals surface area contributed by atoms with E-state index < -0.39 is 5.60 Å². The summed E-state index contributed by atoms with van der Waals surface area (Å²) in [5.41, 5.74) is 0.611. The molecule has 4 nitrogen and oxygen atoms in total. The topological polar surface area (TPSA) is 41.9 Å². The summed E-state index contributed by atoms with van der Waals surface area (Å²) in [5, 5.41) is 10.7. The van der Waals surface area contributed by atoms with Crippen molar-refractivity contribution in [1.82, 2.24) is 4.90 Å². The van der Waals surface area contributed by atoms with Crippen molar-refractivity contribution < 1.29 is 14.6 Å². The van der Waals surface area contributed by atoms with Gasteiger partial charge in [-0.2, -0.15) is 0 Å². The van der Waals surface area contributed by atoms with Crippen LogP contribution in [0.4, 0.5) is 0 Å². The minimum atomic E-state index is -0.608. The van der Waals surface area contributed by atoms with Gasteiger partial charge in [0.25, 0.3) is 0 Å². The van der Waals surface area contributed by atoms with Crippen LogP contribution in [0.5, 0.6) is 5.75 Å². The van der Waals surface area contributed by atoms with E-state index in [1.54, 1.807) is 0 Å². The zero-order valence-electron chi connectivity index (χ0n) is 14.3. The van der Waals surface area contributed by atoms with Crippen LogP contribution in [0.1, 0.15) is 31.7 Å². The highest BCUT2D eigenvalue weighted by Gasteiger charge is 2.43. The Bertz CT molecular complexity index is 517. The number of likely N-dealkylation sites (tertiary alicyclic amines) is 1. The molecule has 3 atom stereocenters. The number of aryl methyl sites for hydroxylation is 1. The molecule has 1 N–H and O–H groups in total. The molecule has 0 amide bonds. The maximum atomic E-state index is 10.7. The summed E-state index contributed by atoms with van der Waals surface area (Å²) in [6.07, 6.45) is 3.08. The van der Waals surface area contributed by atoms with Crippen LogP contribution in [0.25, 0.3) is 0 Å². The van der Waals surface area contributed by atoms with E-state index in [2.05, 4.69) is 24.0 Å². The second-order valence-corrected chi connectivity index (χ2v) is 7.20. The molecule has 1 aromatic carbocycles. The van der Waals surface area contributed by atoms with E-state index in [0.29, 0.717) is 25.9 Å². The molecule has 2 aliphatic rings. The highest BCUT2D eigenvalue weighted by Crippen LogP contribution is 2.35. The molecule has 0 radical (unpaired) electrons. The third kappa shape index (κ3) is 4.06. The largest absolute Gasteiger partial charge is 0.492 e. The van der Waals surface area contributed by atoms with Crippen LogP contribution in [-0.2, 0) is 4.74 Å². The number of nitrogens with zero attached hydrogens (tertiary/aromatic N) is 1. The lowest BCUT2D eigenvalue weighted by atomic mass is 9.79. The van der Waals surface area contributed by atoms with E-state index in [9.17, 15) is 5.11 Å². The minimum absolute atomic E-state index is 0.206. The second kappa shape index (κ2) is 7.20. The van der Waals surface area contributed by atoms with Crippen LogP contribution < -0.4 is 4.74 Å². The van der Waals surface area contributed by atoms with E-state index in [-0.39, 0.29) is 5.92 Å². The van der Waals surface area contributed by atoms with Crippen LogP contribution in [0.3, 0.4) is 0 Å². The number of benzene rings is 1. The average molecular weight is 319 g/mol. The van der Waals surface area contributed by atoms with Crippen molar-refractivity contribution in [3.05, 3.63) is 29.8 Å². The fourth-order valence-electron chi connectivity index (χ4n) is 3.95. The van der Waals surface area contributed by atoms with Crippen molar-refractivity contribution in [2.45, 2.75) is 44.8 Å². The van der Waals surface area contributed by atoms with E-state index in [4.69, 9.17) is 9.47 Å². The molecule has 0 aromatic heterocycles. The summed E-state index contributed by atoms with van der Waals surface area (Å²) in [6, 6.07) is 8.59. The summed E-state index contributed by atoms with van der Waals surface area (Å²) >= 11 is 0. The van der Waals surface area contributed by atoms with Crippen LogP contribution >= 0.6 is 0 Å². The van der Waals surface area contributed by atoms with Gasteiger partial charge in [0.1, 0.15) is 12.4 Å². The van der Waals surface area contributed by atoms with Crippen LogP contribution in [0.2, 0.25) is 0 Å². The fourth-order valence-corrected chi connectivity index (χ4v) is 3.95. The second-order valence-electron chi connectivity index (χ2n) is 7.20. The smallest absolute Gasteiger partial charge is 0.119 e. The molecular formula is C19H29NO3. The Balaban J connectivity index is 1.54. The molecule has 2 aliphatic heterocycles. The van der Waals surface area contributed by atoms with E-state index >= 15 is 0 Å². The Kier molecular flexibility index (Phi) is 5.24. The first-order valence-corrected chi connectivity index (χ1v) is 8.80. The van der Waals surface area contributed by atoms with Gasteiger partial charge in [-0.05, 0) is 57.4 Å². The Labute approximate surface area is 139 Å². The highest BCUT2D eigenvalue weighted by atomic mass is 16.5. The van der Waals surface area contributed by atoms with Crippen molar-refractivity contribution in [3.63, 3.8) is 0 Å². The molecule has 23 heavy (non-hydrogen) atoms. The molecule has 0 saturated carbocycles. The van der Waals surface area contributed by atoms with Crippen molar-refractivity contribution in [3.8, 4) is 5.75 Å². The quantitative estimate of drug-likeness (QED) is 0.906. The van der Waals surface area contributed by atoms with E-state index in [1.807, 2.05) is 19.1 Å². The number of ether oxygens (including phenoxy) is 2. The molecule has 2 saturated heterocycles. The van der Waals surface area contributed by atoms with Gasteiger partial charge in [0, 0.05) is 25.1 Å². The molecule has 0 bridgehead atoms. The first kappa shape index (κ1) is 16.7. The van der Waals surface area contributed by atoms with Gasteiger partial charge in [0.05, 0.1) is 12.2 Å². The number of aliphatic hydroxyl groups is 1. The summed E-state index contributed by atoms with van der Waals surface area (Å²) in [6.45, 7) is 8.09. The molecule has 4 heteroatoms. The first-order valence-electron chi connectivity index (χ1n) is 8.80. The van der Waals surface area contributed by atoms with Gasteiger partial charge < -0.3 is 14.6 Å². The lowest BCUT2D eigenvalue weighted by molar-refractivity contribution is -0.123. The third-order valence-electron chi connectivity index (χ3n) is 5.36. The van der Waals surface area contributed by atoms with Gasteiger partial charge in [-0.3, -0.25) is 4.90 Å². The molecule has 3 unspecified atom stereocenters. The molecule has 1 aromatic rings. The fraction of sp³-hybridized carbons (Fsp3) is 0.684. The zero-order valence-corrected chi connectivity index (χ0v) is 14.3. The molecule has 128 valence electrons. The van der Waals surface area contributed by atoms with E-state index in [1.165, 1.54) is 12.0 Å². The number of hydrogen-bond donors (Lipinski definition) is 1. The van der Waals surface area contributed by atoms with Gasteiger partial charge in [0.15, 0.2) is 0 Å². The normalized spacial score (nSPS) is 32.1. The van der Waals surface area contributed by atoms with Gasteiger partial charge in [-0.1, -0.05) is 12.1 Å². The Hall–Kier alpha value is -1.10. The van der Waals surface area contributed by atoms with Crippen LogP contribution in [0, 0.1) is 12.8 Å². The van der Waals surface area contributed by atoms with Crippen molar-refractivity contribution >= 4 is 0 Å². The Morgan fingerprint density at radius 2 is 2.30 bits per heavy atom. The van der Waals surface area contributed by atoms with E-state index in [0.717, 1.165) is 31.7 Å². The summed E-state index contributed by atoms with van der Waals surface area (Å²) < 4.78 is 11.5. The van der Waals surface area contributed by atoms with Crippen molar-refractivity contribution in [1.29, 1.82) is 0 Å². The third-order valence-corrected chi connectivity index (χ3v) is 5.36. The molecule has 0 spiro atoms. The number of hydrogen-bond acceptors (Lipinski definition) is 4. The highest BCUT2D eigenvalue weighted by molar-refractivity contribution is 5.27. The van der Waals surface area contributed by atoms with Gasteiger partial charge in [-0.15, -0.1) is 0 Å².